The molecular weight excluding hydrogens is 228 g/mol. The van der Waals surface area contributed by atoms with Crippen LogP contribution in [0.1, 0.15) is 32.6 Å². The fourth-order valence-electron chi connectivity index (χ4n) is 1.90. The van der Waals surface area contributed by atoms with Gasteiger partial charge in [-0.1, -0.05) is 19.4 Å². The first-order valence-corrected chi connectivity index (χ1v) is 6.32. The van der Waals surface area contributed by atoms with Crippen LogP contribution in [0.3, 0.4) is 0 Å². The molecule has 4 heteroatoms. The Hall–Kier alpha value is -1.32. The molecule has 0 aliphatic rings. The van der Waals surface area contributed by atoms with Gasteiger partial charge in [-0.3, -0.25) is 9.59 Å². The number of rotatable bonds is 7. The number of allylic oxidation sites excluding steroid dienone is 1. The molecule has 2 amide bonds. The molecule has 0 aliphatic carbocycles. The van der Waals surface area contributed by atoms with Crippen molar-refractivity contribution in [2.75, 3.05) is 28.2 Å². The van der Waals surface area contributed by atoms with Crippen molar-refractivity contribution in [1.82, 2.24) is 9.80 Å². The first kappa shape index (κ1) is 16.7. The lowest BCUT2D eigenvalue weighted by Crippen LogP contribution is -2.35. The molecule has 0 heterocycles. The van der Waals surface area contributed by atoms with Gasteiger partial charge in [0.05, 0.1) is 0 Å². The molecule has 0 atom stereocenters. The van der Waals surface area contributed by atoms with Crippen LogP contribution in [0.25, 0.3) is 0 Å². The van der Waals surface area contributed by atoms with Crippen molar-refractivity contribution >= 4 is 11.8 Å². The zero-order valence-corrected chi connectivity index (χ0v) is 12.3. The van der Waals surface area contributed by atoms with E-state index in [1.54, 1.807) is 44.1 Å². The van der Waals surface area contributed by atoms with Gasteiger partial charge in [-0.25, -0.2) is 0 Å². The maximum atomic E-state index is 11.9. The molecule has 0 bridgehead atoms. The Bertz CT molecular complexity index is 287. The van der Waals surface area contributed by atoms with E-state index >= 15 is 0 Å². The lowest BCUT2D eigenvalue weighted by atomic mass is 9.76. The maximum absolute atomic E-state index is 11.9. The fraction of sp³-hybridized carbons (Fsp3) is 0.714. The van der Waals surface area contributed by atoms with Crippen LogP contribution in [0.4, 0.5) is 0 Å². The third-order valence-electron chi connectivity index (χ3n) is 3.19. The van der Waals surface area contributed by atoms with E-state index in [1.807, 2.05) is 0 Å². The molecule has 0 N–H and O–H groups in total. The second kappa shape index (κ2) is 7.19. The molecule has 0 rings (SSSR count). The monoisotopic (exact) mass is 254 g/mol. The Morgan fingerprint density at radius 3 is 1.67 bits per heavy atom. The van der Waals surface area contributed by atoms with E-state index in [-0.39, 0.29) is 11.8 Å². The summed E-state index contributed by atoms with van der Waals surface area (Å²) in [7, 11) is 6.93. The van der Waals surface area contributed by atoms with Gasteiger partial charge in [-0.15, -0.1) is 6.58 Å². The highest BCUT2D eigenvalue weighted by atomic mass is 16.2. The van der Waals surface area contributed by atoms with Crippen molar-refractivity contribution in [2.45, 2.75) is 32.6 Å². The average molecular weight is 254 g/mol. The van der Waals surface area contributed by atoms with Crippen LogP contribution in [0.15, 0.2) is 12.7 Å². The summed E-state index contributed by atoms with van der Waals surface area (Å²) in [4.78, 5) is 26.9. The molecule has 0 radical (unpaired) electrons. The minimum Gasteiger partial charge on any atom is -0.349 e. The molecule has 0 spiro atoms. The summed E-state index contributed by atoms with van der Waals surface area (Å²) < 4.78 is 0. The number of amides is 2. The smallest absolute Gasteiger partial charge is 0.222 e. The summed E-state index contributed by atoms with van der Waals surface area (Å²) >= 11 is 0. The molecule has 0 aliphatic heterocycles. The number of carbonyl (C=O) groups excluding carboxylic acids is 2. The Morgan fingerprint density at radius 1 is 1.06 bits per heavy atom. The van der Waals surface area contributed by atoms with Crippen molar-refractivity contribution in [3.63, 3.8) is 0 Å². The maximum Gasteiger partial charge on any atom is 0.222 e. The van der Waals surface area contributed by atoms with E-state index in [4.69, 9.17) is 0 Å². The summed E-state index contributed by atoms with van der Waals surface area (Å²) in [5, 5.41) is 0. The Labute approximate surface area is 111 Å². The van der Waals surface area contributed by atoms with E-state index in [0.717, 1.165) is 12.8 Å². The predicted molar refractivity (Wildman–Crippen MR) is 74.2 cm³/mol. The van der Waals surface area contributed by atoms with Crippen molar-refractivity contribution in [2.24, 2.45) is 5.41 Å². The Morgan fingerprint density at radius 2 is 1.44 bits per heavy atom. The van der Waals surface area contributed by atoms with Crippen LogP contribution in [-0.4, -0.2) is 49.8 Å². The summed E-state index contributed by atoms with van der Waals surface area (Å²) in [5.74, 6) is 0.0739. The predicted octanol–water partition coefficient (Wildman–Crippen LogP) is 1.92. The van der Waals surface area contributed by atoms with Crippen LogP contribution in [-0.2, 0) is 9.59 Å². The minimum absolute atomic E-state index is 0.0370. The molecular formula is C14H26N2O2. The molecule has 0 aromatic carbocycles. The van der Waals surface area contributed by atoms with Crippen molar-refractivity contribution in [1.29, 1.82) is 0 Å². The summed E-state index contributed by atoms with van der Waals surface area (Å²) in [6, 6.07) is 0. The number of carbonyl (C=O) groups is 2. The molecule has 0 saturated carbocycles. The third kappa shape index (κ3) is 4.90. The first-order chi connectivity index (χ1) is 8.28. The third-order valence-corrected chi connectivity index (χ3v) is 3.19. The average Bonchev–Trinajstić information content (AvgIpc) is 2.28. The number of nitrogens with zero attached hydrogens (tertiary/aromatic N) is 2. The van der Waals surface area contributed by atoms with Gasteiger partial charge in [0.1, 0.15) is 0 Å². The quantitative estimate of drug-likeness (QED) is 0.651. The van der Waals surface area contributed by atoms with Gasteiger partial charge < -0.3 is 9.80 Å². The summed E-state index contributed by atoms with van der Waals surface area (Å²) in [6.45, 7) is 5.89. The molecule has 0 unspecified atom stereocenters. The molecule has 0 saturated heterocycles. The normalized spacial score (nSPS) is 10.9. The largest absolute Gasteiger partial charge is 0.349 e. The van der Waals surface area contributed by atoms with E-state index in [0.29, 0.717) is 12.8 Å². The molecule has 4 nitrogen and oxygen atoms in total. The van der Waals surface area contributed by atoms with Gasteiger partial charge in [0.2, 0.25) is 11.8 Å². The van der Waals surface area contributed by atoms with Crippen LogP contribution < -0.4 is 0 Å². The lowest BCUT2D eigenvalue weighted by Gasteiger charge is -2.31. The standard InChI is InChI=1S/C14H26N2O2/c1-7-9-14(8-2,10-12(17)15(3)4)11-13(18)16(5)6/h8H,2,7,9-11H2,1,3-6H3. The minimum atomic E-state index is -0.419. The fourth-order valence-corrected chi connectivity index (χ4v) is 1.90. The highest BCUT2D eigenvalue weighted by Gasteiger charge is 2.32. The van der Waals surface area contributed by atoms with Crippen LogP contribution in [0.2, 0.25) is 0 Å². The molecule has 0 aromatic heterocycles. The van der Waals surface area contributed by atoms with Crippen LogP contribution in [0, 0.1) is 5.41 Å². The van der Waals surface area contributed by atoms with E-state index in [9.17, 15) is 9.59 Å². The van der Waals surface area contributed by atoms with E-state index in [2.05, 4.69) is 13.5 Å². The molecule has 104 valence electrons. The van der Waals surface area contributed by atoms with Crippen molar-refractivity contribution in [3.05, 3.63) is 12.7 Å². The van der Waals surface area contributed by atoms with Gasteiger partial charge in [0.15, 0.2) is 0 Å². The topological polar surface area (TPSA) is 40.6 Å². The zero-order chi connectivity index (χ0) is 14.3. The molecule has 0 aromatic rings. The van der Waals surface area contributed by atoms with Gasteiger partial charge in [-0.2, -0.15) is 0 Å². The Balaban J connectivity index is 4.97. The van der Waals surface area contributed by atoms with E-state index < -0.39 is 5.41 Å². The van der Waals surface area contributed by atoms with Crippen molar-refractivity contribution in [3.8, 4) is 0 Å². The number of hydrogen-bond acceptors (Lipinski definition) is 2. The Kier molecular flexibility index (Phi) is 6.66. The highest BCUT2D eigenvalue weighted by molar-refractivity contribution is 5.80. The number of hydrogen-bond donors (Lipinski definition) is 0. The van der Waals surface area contributed by atoms with Crippen LogP contribution in [0.5, 0.6) is 0 Å². The second-order valence-electron chi connectivity index (χ2n) is 5.25. The van der Waals surface area contributed by atoms with Gasteiger partial charge >= 0.3 is 0 Å². The van der Waals surface area contributed by atoms with Gasteiger partial charge in [0.25, 0.3) is 0 Å². The highest BCUT2D eigenvalue weighted by Crippen LogP contribution is 2.34. The summed E-state index contributed by atoms with van der Waals surface area (Å²) in [5.41, 5.74) is -0.419. The van der Waals surface area contributed by atoms with Gasteiger partial charge in [0, 0.05) is 46.4 Å². The zero-order valence-electron chi connectivity index (χ0n) is 12.3. The molecule has 18 heavy (non-hydrogen) atoms. The SMILES string of the molecule is C=CC(CCC)(CC(=O)N(C)C)CC(=O)N(C)C. The van der Waals surface area contributed by atoms with Gasteiger partial charge in [-0.05, 0) is 6.42 Å². The van der Waals surface area contributed by atoms with Crippen molar-refractivity contribution < 1.29 is 9.59 Å². The lowest BCUT2D eigenvalue weighted by molar-refractivity contribution is -0.134. The second-order valence-corrected chi connectivity index (χ2v) is 5.25. The summed E-state index contributed by atoms with van der Waals surface area (Å²) in [6.07, 6.45) is 4.19. The van der Waals surface area contributed by atoms with E-state index in [1.165, 1.54) is 0 Å². The first-order valence-electron chi connectivity index (χ1n) is 6.32. The van der Waals surface area contributed by atoms with Crippen LogP contribution >= 0.6 is 0 Å². The molecule has 0 fully saturated rings.